The number of halogens is 1. The molecule has 0 radical (unpaired) electrons. The molecule has 0 saturated carbocycles. The van der Waals surface area contributed by atoms with Gasteiger partial charge in [-0.3, -0.25) is 0 Å². The maximum atomic E-state index is 6.03. The molecule has 88 valence electrons. The van der Waals surface area contributed by atoms with Gasteiger partial charge in [-0.05, 0) is 36.3 Å². The fraction of sp³-hybridized carbons (Fsp3) is 0.571. The molecule has 0 fully saturated rings. The highest BCUT2D eigenvalue weighted by molar-refractivity contribution is 9.09. The van der Waals surface area contributed by atoms with E-state index in [9.17, 15) is 0 Å². The van der Waals surface area contributed by atoms with Crippen molar-refractivity contribution in [2.24, 2.45) is 5.92 Å². The number of alkyl halides is 1. The average Bonchev–Trinajstić information content (AvgIpc) is 2.35. The van der Waals surface area contributed by atoms with Crippen molar-refractivity contribution in [2.45, 2.75) is 32.3 Å². The van der Waals surface area contributed by atoms with Crippen LogP contribution in [0.25, 0.3) is 0 Å². The van der Waals surface area contributed by atoms with E-state index in [1.54, 1.807) is 0 Å². The maximum absolute atomic E-state index is 6.03. The van der Waals surface area contributed by atoms with Crippen LogP contribution in [-0.4, -0.2) is 11.9 Å². The van der Waals surface area contributed by atoms with Crippen molar-refractivity contribution in [3.05, 3.63) is 35.4 Å². The Bertz CT molecular complexity index is 337. The summed E-state index contributed by atoms with van der Waals surface area (Å²) in [5, 5.41) is 1.02. The molecular formula is C14H19BrO. The summed E-state index contributed by atoms with van der Waals surface area (Å²) in [6.07, 6.45) is 3.96. The second-order valence-corrected chi connectivity index (χ2v) is 5.32. The standard InChI is InChI=1S/C14H19BrO/c1-11(9-15)10-16-14-8-4-6-12-5-2-3-7-13(12)14/h2-3,5,7,11,14H,4,6,8-10H2,1H3. The molecule has 1 aliphatic carbocycles. The molecule has 0 spiro atoms. The number of benzene rings is 1. The molecule has 2 unspecified atom stereocenters. The first-order valence-electron chi connectivity index (χ1n) is 6.06. The van der Waals surface area contributed by atoms with Gasteiger partial charge in [0, 0.05) is 5.33 Å². The number of ether oxygens (including phenoxy) is 1. The number of aryl methyl sites for hydroxylation is 1. The van der Waals surface area contributed by atoms with Crippen LogP contribution in [0.4, 0.5) is 0 Å². The highest BCUT2D eigenvalue weighted by Crippen LogP contribution is 2.32. The van der Waals surface area contributed by atoms with Gasteiger partial charge in [0.2, 0.25) is 0 Å². The summed E-state index contributed by atoms with van der Waals surface area (Å²) < 4.78 is 6.03. The van der Waals surface area contributed by atoms with Crippen molar-refractivity contribution in [1.29, 1.82) is 0 Å². The van der Waals surface area contributed by atoms with E-state index in [0.29, 0.717) is 12.0 Å². The molecule has 0 aromatic heterocycles. The fourth-order valence-corrected chi connectivity index (χ4v) is 2.39. The van der Waals surface area contributed by atoms with Crippen molar-refractivity contribution in [1.82, 2.24) is 0 Å². The van der Waals surface area contributed by atoms with Crippen LogP contribution in [0.5, 0.6) is 0 Å². The summed E-state index contributed by atoms with van der Waals surface area (Å²) >= 11 is 3.49. The van der Waals surface area contributed by atoms with Gasteiger partial charge >= 0.3 is 0 Å². The molecule has 0 amide bonds. The summed E-state index contributed by atoms with van der Waals surface area (Å²) in [5.41, 5.74) is 2.89. The molecule has 1 aromatic carbocycles. The summed E-state index contributed by atoms with van der Waals surface area (Å²) in [4.78, 5) is 0. The zero-order valence-electron chi connectivity index (χ0n) is 9.79. The Morgan fingerprint density at radius 1 is 1.44 bits per heavy atom. The molecule has 0 heterocycles. The van der Waals surface area contributed by atoms with E-state index in [2.05, 4.69) is 47.1 Å². The van der Waals surface area contributed by atoms with Gasteiger partial charge in [0.25, 0.3) is 0 Å². The number of rotatable bonds is 4. The zero-order chi connectivity index (χ0) is 11.4. The summed E-state index contributed by atoms with van der Waals surface area (Å²) in [6, 6.07) is 8.70. The number of fused-ring (bicyclic) bond motifs is 1. The predicted octanol–water partition coefficient (Wildman–Crippen LogP) is 4.11. The van der Waals surface area contributed by atoms with E-state index in [4.69, 9.17) is 4.74 Å². The van der Waals surface area contributed by atoms with E-state index in [1.165, 1.54) is 30.4 Å². The quantitative estimate of drug-likeness (QED) is 0.755. The molecule has 0 saturated heterocycles. The van der Waals surface area contributed by atoms with Crippen LogP contribution in [-0.2, 0) is 11.2 Å². The van der Waals surface area contributed by atoms with Gasteiger partial charge in [-0.1, -0.05) is 47.1 Å². The molecule has 1 aromatic rings. The van der Waals surface area contributed by atoms with Crippen molar-refractivity contribution in [3.63, 3.8) is 0 Å². The Morgan fingerprint density at radius 3 is 3.06 bits per heavy atom. The molecule has 1 aliphatic rings. The Balaban J connectivity index is 2.01. The van der Waals surface area contributed by atoms with Crippen molar-refractivity contribution < 1.29 is 4.74 Å². The second kappa shape index (κ2) is 5.83. The summed E-state index contributed by atoms with van der Waals surface area (Å²) in [7, 11) is 0. The van der Waals surface area contributed by atoms with Gasteiger partial charge in [0.05, 0.1) is 12.7 Å². The minimum atomic E-state index is 0.325. The zero-order valence-corrected chi connectivity index (χ0v) is 11.4. The van der Waals surface area contributed by atoms with E-state index < -0.39 is 0 Å². The van der Waals surface area contributed by atoms with E-state index >= 15 is 0 Å². The van der Waals surface area contributed by atoms with Crippen LogP contribution in [0.3, 0.4) is 0 Å². The topological polar surface area (TPSA) is 9.23 Å². The van der Waals surface area contributed by atoms with Crippen LogP contribution in [0.2, 0.25) is 0 Å². The molecule has 2 rings (SSSR count). The molecule has 0 N–H and O–H groups in total. The lowest BCUT2D eigenvalue weighted by molar-refractivity contribution is 0.0253. The van der Waals surface area contributed by atoms with Gasteiger partial charge in [-0.15, -0.1) is 0 Å². The van der Waals surface area contributed by atoms with Crippen LogP contribution in [0.15, 0.2) is 24.3 Å². The summed E-state index contributed by atoms with van der Waals surface area (Å²) in [6.45, 7) is 3.06. The molecule has 2 heteroatoms. The lowest BCUT2D eigenvalue weighted by atomic mass is 9.89. The smallest absolute Gasteiger partial charge is 0.0827 e. The Hall–Kier alpha value is -0.340. The van der Waals surface area contributed by atoms with E-state index in [0.717, 1.165) is 11.9 Å². The third kappa shape index (κ3) is 2.86. The third-order valence-corrected chi connectivity index (χ3v) is 4.27. The first kappa shape index (κ1) is 12.1. The molecule has 0 bridgehead atoms. The third-order valence-electron chi connectivity index (χ3n) is 3.16. The lowest BCUT2D eigenvalue weighted by Crippen LogP contribution is -2.16. The average molecular weight is 283 g/mol. The molecule has 2 atom stereocenters. The molecule has 0 aliphatic heterocycles. The molecule has 1 nitrogen and oxygen atoms in total. The van der Waals surface area contributed by atoms with Gasteiger partial charge in [0.15, 0.2) is 0 Å². The van der Waals surface area contributed by atoms with Crippen LogP contribution >= 0.6 is 15.9 Å². The maximum Gasteiger partial charge on any atom is 0.0827 e. The Kier molecular flexibility index (Phi) is 4.42. The highest BCUT2D eigenvalue weighted by atomic mass is 79.9. The number of hydrogen-bond acceptors (Lipinski definition) is 1. The molecule has 16 heavy (non-hydrogen) atoms. The van der Waals surface area contributed by atoms with Crippen molar-refractivity contribution >= 4 is 15.9 Å². The minimum Gasteiger partial charge on any atom is -0.373 e. The minimum absolute atomic E-state index is 0.325. The van der Waals surface area contributed by atoms with Crippen LogP contribution < -0.4 is 0 Å². The first-order valence-corrected chi connectivity index (χ1v) is 7.18. The van der Waals surface area contributed by atoms with Gasteiger partial charge in [0.1, 0.15) is 0 Å². The normalized spacial score (nSPS) is 21.5. The second-order valence-electron chi connectivity index (χ2n) is 4.67. The molecular weight excluding hydrogens is 264 g/mol. The van der Waals surface area contributed by atoms with Crippen molar-refractivity contribution in [2.75, 3.05) is 11.9 Å². The Labute approximate surface area is 106 Å². The van der Waals surface area contributed by atoms with Crippen LogP contribution in [0.1, 0.15) is 37.0 Å². The van der Waals surface area contributed by atoms with Gasteiger partial charge < -0.3 is 4.74 Å². The SMILES string of the molecule is CC(CBr)COC1CCCc2ccccc21. The van der Waals surface area contributed by atoms with Crippen LogP contribution in [0, 0.1) is 5.92 Å². The van der Waals surface area contributed by atoms with E-state index in [1.807, 2.05) is 0 Å². The highest BCUT2D eigenvalue weighted by Gasteiger charge is 2.20. The fourth-order valence-electron chi connectivity index (χ4n) is 2.21. The Morgan fingerprint density at radius 2 is 2.25 bits per heavy atom. The van der Waals surface area contributed by atoms with Crippen molar-refractivity contribution in [3.8, 4) is 0 Å². The largest absolute Gasteiger partial charge is 0.373 e. The van der Waals surface area contributed by atoms with E-state index in [-0.39, 0.29) is 0 Å². The first-order chi connectivity index (χ1) is 7.81. The van der Waals surface area contributed by atoms with Gasteiger partial charge in [-0.25, -0.2) is 0 Å². The predicted molar refractivity (Wildman–Crippen MR) is 71.0 cm³/mol. The van der Waals surface area contributed by atoms with Gasteiger partial charge in [-0.2, -0.15) is 0 Å². The summed E-state index contributed by atoms with van der Waals surface area (Å²) in [5.74, 6) is 0.592. The lowest BCUT2D eigenvalue weighted by Gasteiger charge is -2.26. The number of hydrogen-bond donors (Lipinski definition) is 0. The monoisotopic (exact) mass is 282 g/mol.